The van der Waals surface area contributed by atoms with Crippen molar-refractivity contribution in [3.63, 3.8) is 0 Å². The lowest BCUT2D eigenvalue weighted by Crippen LogP contribution is -2.20. The van der Waals surface area contributed by atoms with Gasteiger partial charge in [-0.1, -0.05) is 27.7 Å². The molecule has 1 rings (SSSR count). The topological polar surface area (TPSA) is 38.3 Å². The summed E-state index contributed by atoms with van der Waals surface area (Å²) in [5.41, 5.74) is 0.509. The molecule has 0 saturated carbocycles. The Morgan fingerprint density at radius 2 is 2.70 bits per heavy atom. The van der Waals surface area contributed by atoms with Gasteiger partial charge in [0.05, 0.1) is 7.11 Å². The van der Waals surface area contributed by atoms with Crippen LogP contribution in [0.25, 0.3) is 0 Å². The summed E-state index contributed by atoms with van der Waals surface area (Å²) in [5, 5.41) is 4.60. The van der Waals surface area contributed by atoms with Crippen LogP contribution < -0.4 is 5.32 Å². The molecule has 1 aliphatic heterocycles. The molecule has 1 unspecified atom stereocenters. The summed E-state index contributed by atoms with van der Waals surface area (Å²) in [7, 11) is 1.36. The minimum Gasteiger partial charge on any atom is -0.464 e. The number of thioether (sulfide) groups is 1. The van der Waals surface area contributed by atoms with E-state index in [0.717, 1.165) is 0 Å². The van der Waals surface area contributed by atoms with Gasteiger partial charge in [0.2, 0.25) is 0 Å². The number of carbonyl (C=O) groups excluding carboxylic acids is 1. The summed E-state index contributed by atoms with van der Waals surface area (Å²) in [5.74, 6) is -0.325. The molecule has 0 aromatic heterocycles. The summed E-state index contributed by atoms with van der Waals surface area (Å²) in [6, 6.07) is 0. The number of methoxy groups -OCH3 is 1. The van der Waals surface area contributed by atoms with Crippen molar-refractivity contribution >= 4 is 33.7 Å². The fourth-order valence-electron chi connectivity index (χ4n) is 0.535. The van der Waals surface area contributed by atoms with Gasteiger partial charge in [0.25, 0.3) is 0 Å². The third-order valence-corrected chi connectivity index (χ3v) is 2.58. The molecule has 1 heterocycles. The fraction of sp³-hybridized carbons (Fsp3) is 0.400. The van der Waals surface area contributed by atoms with Gasteiger partial charge in [-0.3, -0.25) is 0 Å². The first-order chi connectivity index (χ1) is 4.74. The third kappa shape index (κ3) is 1.67. The number of hydrogen-bond acceptors (Lipinski definition) is 4. The zero-order valence-electron chi connectivity index (χ0n) is 5.26. The molecule has 0 aliphatic carbocycles. The molecular formula is C5H6BrNO2S. The molecule has 1 N–H and O–H groups in total. The van der Waals surface area contributed by atoms with E-state index >= 15 is 0 Å². The number of carbonyl (C=O) groups is 1. The van der Waals surface area contributed by atoms with E-state index in [0.29, 0.717) is 5.70 Å². The normalized spacial score (nSPS) is 23.4. The van der Waals surface area contributed by atoms with E-state index in [2.05, 4.69) is 26.0 Å². The molecule has 0 spiro atoms. The van der Waals surface area contributed by atoms with Crippen LogP contribution in [0.5, 0.6) is 0 Å². The summed E-state index contributed by atoms with van der Waals surface area (Å²) in [6.45, 7) is 0. The Bertz CT molecular complexity index is 182. The Hall–Kier alpha value is -0.160. The average molecular weight is 224 g/mol. The van der Waals surface area contributed by atoms with Crippen molar-refractivity contribution < 1.29 is 9.53 Å². The molecule has 0 amide bonds. The maximum atomic E-state index is 10.8. The Balaban J connectivity index is 2.51. The highest BCUT2D eigenvalue weighted by atomic mass is 79.9. The standard InChI is InChI=1S/C5H6BrNO2S/c1-9-4(8)3-2-10-5(6)7-3/h2,5,7H,1H3. The Labute approximate surface area is 71.3 Å². The summed E-state index contributed by atoms with van der Waals surface area (Å²) >= 11 is 4.76. The van der Waals surface area contributed by atoms with E-state index in [4.69, 9.17) is 0 Å². The highest BCUT2D eigenvalue weighted by Gasteiger charge is 2.18. The minimum atomic E-state index is -0.325. The molecular weight excluding hydrogens is 218 g/mol. The third-order valence-electron chi connectivity index (χ3n) is 0.980. The number of hydrogen-bond donors (Lipinski definition) is 1. The van der Waals surface area contributed by atoms with E-state index in [9.17, 15) is 4.79 Å². The van der Waals surface area contributed by atoms with Gasteiger partial charge in [0, 0.05) is 5.41 Å². The highest BCUT2D eigenvalue weighted by Crippen LogP contribution is 2.24. The lowest BCUT2D eigenvalue weighted by molar-refractivity contribution is -0.136. The van der Waals surface area contributed by atoms with Crippen molar-refractivity contribution in [1.29, 1.82) is 0 Å². The second-order valence-electron chi connectivity index (χ2n) is 1.62. The van der Waals surface area contributed by atoms with E-state index in [1.54, 1.807) is 5.41 Å². The van der Waals surface area contributed by atoms with E-state index < -0.39 is 0 Å². The Morgan fingerprint density at radius 3 is 3.10 bits per heavy atom. The van der Waals surface area contributed by atoms with Gasteiger partial charge in [-0.25, -0.2) is 4.79 Å². The Morgan fingerprint density at radius 1 is 2.00 bits per heavy atom. The molecule has 3 nitrogen and oxygen atoms in total. The number of alkyl halides is 1. The van der Waals surface area contributed by atoms with Crippen LogP contribution in [0.4, 0.5) is 0 Å². The van der Waals surface area contributed by atoms with Crippen LogP contribution in [0.2, 0.25) is 0 Å². The average Bonchev–Trinajstić information content (AvgIpc) is 2.34. The number of esters is 1. The van der Waals surface area contributed by atoms with Crippen LogP contribution in [0.15, 0.2) is 11.1 Å². The zero-order valence-corrected chi connectivity index (χ0v) is 7.66. The molecule has 1 atom stereocenters. The first-order valence-corrected chi connectivity index (χ1v) is 4.44. The first-order valence-electron chi connectivity index (χ1n) is 2.58. The molecule has 0 fully saturated rings. The SMILES string of the molecule is COC(=O)C1=CSC(Br)N1. The van der Waals surface area contributed by atoms with Gasteiger partial charge in [-0.15, -0.1) is 0 Å². The fourth-order valence-corrected chi connectivity index (χ4v) is 1.72. The van der Waals surface area contributed by atoms with Crippen molar-refractivity contribution in [3.8, 4) is 0 Å². The molecule has 5 heteroatoms. The quantitative estimate of drug-likeness (QED) is 0.410. The van der Waals surface area contributed by atoms with Crippen LogP contribution in [0.1, 0.15) is 0 Å². The molecule has 10 heavy (non-hydrogen) atoms. The summed E-state index contributed by atoms with van der Waals surface area (Å²) in [4.78, 5) is 10.8. The lowest BCUT2D eigenvalue weighted by Gasteiger charge is -2.02. The molecule has 0 aromatic carbocycles. The predicted octanol–water partition coefficient (Wildman–Crippen LogP) is 1.02. The van der Waals surface area contributed by atoms with Crippen LogP contribution in [-0.4, -0.2) is 17.4 Å². The van der Waals surface area contributed by atoms with Gasteiger partial charge in [-0.2, -0.15) is 0 Å². The first kappa shape index (κ1) is 7.94. The van der Waals surface area contributed by atoms with Crippen molar-refractivity contribution in [2.45, 2.75) is 4.28 Å². The van der Waals surface area contributed by atoms with Crippen LogP contribution in [-0.2, 0) is 9.53 Å². The molecule has 1 aliphatic rings. The van der Waals surface area contributed by atoms with Crippen LogP contribution in [0.3, 0.4) is 0 Å². The second kappa shape index (κ2) is 3.30. The van der Waals surface area contributed by atoms with Crippen molar-refractivity contribution in [2.24, 2.45) is 0 Å². The van der Waals surface area contributed by atoms with Gasteiger partial charge in [0.1, 0.15) is 9.98 Å². The number of halogens is 1. The second-order valence-corrected chi connectivity index (χ2v) is 4.12. The van der Waals surface area contributed by atoms with E-state index in [-0.39, 0.29) is 10.3 Å². The van der Waals surface area contributed by atoms with Gasteiger partial charge in [-0.05, 0) is 0 Å². The zero-order chi connectivity index (χ0) is 7.56. The minimum absolute atomic E-state index is 0.0987. The molecule has 56 valence electrons. The van der Waals surface area contributed by atoms with Crippen LogP contribution >= 0.6 is 27.7 Å². The van der Waals surface area contributed by atoms with Crippen molar-refractivity contribution in [2.75, 3.05) is 7.11 Å². The van der Waals surface area contributed by atoms with Gasteiger partial charge >= 0.3 is 5.97 Å². The molecule has 0 bridgehead atoms. The van der Waals surface area contributed by atoms with Gasteiger partial charge < -0.3 is 10.1 Å². The van der Waals surface area contributed by atoms with Crippen molar-refractivity contribution in [3.05, 3.63) is 11.1 Å². The number of rotatable bonds is 1. The molecule has 0 saturated heterocycles. The summed E-state index contributed by atoms with van der Waals surface area (Å²) in [6.07, 6.45) is 0. The summed E-state index contributed by atoms with van der Waals surface area (Å²) < 4.78 is 4.58. The predicted molar refractivity (Wildman–Crippen MR) is 43.5 cm³/mol. The molecule has 0 radical (unpaired) electrons. The van der Waals surface area contributed by atoms with E-state index in [1.807, 2.05) is 0 Å². The smallest absolute Gasteiger partial charge is 0.354 e. The number of ether oxygens (including phenoxy) is 1. The number of nitrogens with one attached hydrogen (secondary N) is 1. The van der Waals surface area contributed by atoms with Crippen molar-refractivity contribution in [1.82, 2.24) is 5.32 Å². The van der Waals surface area contributed by atoms with Crippen LogP contribution in [0, 0.1) is 0 Å². The monoisotopic (exact) mass is 223 g/mol. The largest absolute Gasteiger partial charge is 0.464 e. The Kier molecular flexibility index (Phi) is 2.62. The maximum Gasteiger partial charge on any atom is 0.354 e. The molecule has 0 aromatic rings. The van der Waals surface area contributed by atoms with Gasteiger partial charge in [0.15, 0.2) is 0 Å². The highest BCUT2D eigenvalue weighted by molar-refractivity contribution is 9.11. The van der Waals surface area contributed by atoms with E-state index in [1.165, 1.54) is 18.9 Å². The lowest BCUT2D eigenvalue weighted by atomic mass is 10.5. The maximum absolute atomic E-state index is 10.8.